The van der Waals surface area contributed by atoms with Gasteiger partial charge in [-0.1, -0.05) is 25.9 Å². The number of carbonyl (C=O) groups excluding carboxylic acids is 3. The van der Waals surface area contributed by atoms with Crippen LogP contribution in [0.25, 0.3) is 0 Å². The quantitative estimate of drug-likeness (QED) is 0.426. The van der Waals surface area contributed by atoms with Crippen LogP contribution < -0.4 is 0 Å². The third-order valence-corrected chi connectivity index (χ3v) is 3.89. The molecule has 124 valence electrons. The van der Waals surface area contributed by atoms with E-state index in [0.29, 0.717) is 25.2 Å². The van der Waals surface area contributed by atoms with Crippen molar-refractivity contribution in [2.24, 2.45) is 22.4 Å². The fourth-order valence-electron chi connectivity index (χ4n) is 2.91. The minimum Gasteiger partial charge on any atom is -0.468 e. The highest BCUT2D eigenvalue weighted by Gasteiger charge is 2.52. The summed E-state index contributed by atoms with van der Waals surface area (Å²) in [5.41, 5.74) is -0.251. The number of Topliss-reactive ketones (excluding diaryl/α,β-unsaturated/α-hetero) is 2. The number of methoxy groups -OCH3 is 1. The predicted molar refractivity (Wildman–Crippen MR) is 81.4 cm³/mol. The van der Waals surface area contributed by atoms with Gasteiger partial charge in [0.05, 0.1) is 12.8 Å². The minimum atomic E-state index is -0.997. The number of hydrogen-bond acceptors (Lipinski definition) is 6. The van der Waals surface area contributed by atoms with E-state index in [0.717, 1.165) is 0 Å². The summed E-state index contributed by atoms with van der Waals surface area (Å²) in [6, 6.07) is 0. The van der Waals surface area contributed by atoms with Crippen molar-refractivity contribution >= 4 is 23.2 Å². The van der Waals surface area contributed by atoms with Crippen molar-refractivity contribution < 1.29 is 24.0 Å². The molecule has 6 nitrogen and oxygen atoms in total. The Morgan fingerprint density at radius 1 is 1.32 bits per heavy atom. The van der Waals surface area contributed by atoms with Gasteiger partial charge in [-0.3, -0.25) is 14.4 Å². The Morgan fingerprint density at radius 2 is 1.95 bits per heavy atom. The molecule has 0 amide bonds. The molecule has 0 aliphatic heterocycles. The molecule has 0 bridgehead atoms. The number of carbonyl (C=O) groups is 3. The molecule has 0 aromatic rings. The monoisotopic (exact) mass is 311 g/mol. The Balaban J connectivity index is 3.25. The molecule has 6 heteroatoms. The number of esters is 1. The van der Waals surface area contributed by atoms with Gasteiger partial charge in [-0.05, 0) is 25.2 Å². The zero-order valence-electron chi connectivity index (χ0n) is 14.0. The molecule has 2 atom stereocenters. The first-order valence-corrected chi connectivity index (χ1v) is 7.63. The molecule has 0 spiro atoms. The Hall–Kier alpha value is -1.72. The number of rotatable bonds is 6. The van der Waals surface area contributed by atoms with Crippen molar-refractivity contribution in [1.29, 1.82) is 0 Å². The van der Waals surface area contributed by atoms with Crippen LogP contribution in [0.4, 0.5) is 0 Å². The van der Waals surface area contributed by atoms with Gasteiger partial charge in [0.1, 0.15) is 24.2 Å². The van der Waals surface area contributed by atoms with Crippen molar-refractivity contribution in [2.45, 2.75) is 47.0 Å². The summed E-state index contributed by atoms with van der Waals surface area (Å²) >= 11 is 0. The maximum Gasteiger partial charge on any atom is 0.316 e. The normalized spacial score (nSPS) is 25.9. The minimum absolute atomic E-state index is 0.213. The van der Waals surface area contributed by atoms with E-state index in [1.54, 1.807) is 20.8 Å². The van der Waals surface area contributed by atoms with Crippen LogP contribution in [0.2, 0.25) is 0 Å². The smallest absolute Gasteiger partial charge is 0.316 e. The van der Waals surface area contributed by atoms with Gasteiger partial charge in [0.25, 0.3) is 0 Å². The van der Waals surface area contributed by atoms with Crippen LogP contribution in [-0.2, 0) is 24.0 Å². The van der Waals surface area contributed by atoms with Gasteiger partial charge in [-0.15, -0.1) is 0 Å². The van der Waals surface area contributed by atoms with Gasteiger partial charge in [0, 0.05) is 6.42 Å². The van der Waals surface area contributed by atoms with Crippen LogP contribution in [0.3, 0.4) is 0 Å². The first kappa shape index (κ1) is 18.3. The number of oxime groups is 1. The summed E-state index contributed by atoms with van der Waals surface area (Å²) in [7, 11) is 1.25. The van der Waals surface area contributed by atoms with Crippen molar-refractivity contribution in [1.82, 2.24) is 0 Å². The van der Waals surface area contributed by atoms with E-state index in [-0.39, 0.29) is 12.2 Å². The summed E-state index contributed by atoms with van der Waals surface area (Å²) in [6.07, 6.45) is 1.26. The second-order valence-corrected chi connectivity index (χ2v) is 6.17. The highest BCUT2D eigenvalue weighted by molar-refractivity contribution is 6.26. The molecular weight excluding hydrogens is 286 g/mol. The lowest BCUT2D eigenvalue weighted by Crippen LogP contribution is -2.52. The third-order valence-electron chi connectivity index (χ3n) is 3.89. The van der Waals surface area contributed by atoms with Gasteiger partial charge >= 0.3 is 5.97 Å². The topological polar surface area (TPSA) is 82.0 Å². The molecule has 0 heterocycles. The average molecular weight is 311 g/mol. The molecule has 0 aromatic carbocycles. The van der Waals surface area contributed by atoms with Gasteiger partial charge in [0.2, 0.25) is 0 Å². The highest BCUT2D eigenvalue weighted by atomic mass is 16.6. The predicted octanol–water partition coefficient (Wildman–Crippen LogP) is 2.15. The van der Waals surface area contributed by atoms with Gasteiger partial charge in [-0.25, -0.2) is 0 Å². The van der Waals surface area contributed by atoms with Gasteiger partial charge in [-0.2, -0.15) is 0 Å². The van der Waals surface area contributed by atoms with E-state index in [9.17, 15) is 14.4 Å². The molecule has 1 fully saturated rings. The first-order chi connectivity index (χ1) is 10.3. The standard InChI is InChI=1S/C16H25NO5/c1-6-8-11(18)12-10(17-22-7-2)9-16(3,4)13(14(12)19)15(20)21-5/h12-13H,6-9H2,1-5H3. The van der Waals surface area contributed by atoms with Crippen LogP contribution in [0.5, 0.6) is 0 Å². The van der Waals surface area contributed by atoms with E-state index >= 15 is 0 Å². The molecule has 0 radical (unpaired) electrons. The number of hydrogen-bond donors (Lipinski definition) is 0. The maximum absolute atomic E-state index is 12.8. The molecule has 0 N–H and O–H groups in total. The van der Waals surface area contributed by atoms with E-state index < -0.39 is 29.0 Å². The molecule has 22 heavy (non-hydrogen) atoms. The van der Waals surface area contributed by atoms with E-state index in [1.165, 1.54) is 7.11 Å². The summed E-state index contributed by atoms with van der Waals surface area (Å²) < 4.78 is 4.76. The van der Waals surface area contributed by atoms with Crippen LogP contribution >= 0.6 is 0 Å². The fourth-order valence-corrected chi connectivity index (χ4v) is 2.91. The maximum atomic E-state index is 12.8. The van der Waals surface area contributed by atoms with Crippen LogP contribution in [-0.4, -0.2) is 37.0 Å². The van der Waals surface area contributed by atoms with Crippen LogP contribution in [0, 0.1) is 17.3 Å². The Bertz CT molecular complexity index is 481. The molecule has 0 saturated heterocycles. The first-order valence-electron chi connectivity index (χ1n) is 7.63. The molecule has 1 aliphatic rings. The SMILES string of the molecule is CCCC(=O)C1C(=O)C(C(=O)OC)C(C)(C)CC1=NOCC. The molecule has 1 aliphatic carbocycles. The Kier molecular flexibility index (Phi) is 6.26. The van der Waals surface area contributed by atoms with Crippen LogP contribution in [0.1, 0.15) is 47.0 Å². The summed E-state index contributed by atoms with van der Waals surface area (Å²) in [5.74, 6) is -3.19. The number of ketones is 2. The molecule has 1 saturated carbocycles. The summed E-state index contributed by atoms with van der Waals surface area (Å²) in [4.78, 5) is 42.2. The average Bonchev–Trinajstić information content (AvgIpc) is 2.43. The van der Waals surface area contributed by atoms with Crippen molar-refractivity contribution in [2.75, 3.05) is 13.7 Å². The van der Waals surface area contributed by atoms with E-state index in [1.807, 2.05) is 6.92 Å². The Morgan fingerprint density at radius 3 is 2.45 bits per heavy atom. The van der Waals surface area contributed by atoms with Crippen LogP contribution in [0.15, 0.2) is 5.16 Å². The van der Waals surface area contributed by atoms with Crippen molar-refractivity contribution in [3.8, 4) is 0 Å². The summed E-state index contributed by atoms with van der Waals surface area (Å²) in [6.45, 7) is 7.60. The molecule has 1 rings (SSSR count). The lowest BCUT2D eigenvalue weighted by Gasteiger charge is -2.39. The van der Waals surface area contributed by atoms with E-state index in [2.05, 4.69) is 5.16 Å². The molecular formula is C16H25NO5. The number of nitrogens with zero attached hydrogens (tertiary/aromatic N) is 1. The molecule has 2 unspecified atom stereocenters. The number of ether oxygens (including phenoxy) is 1. The summed E-state index contributed by atoms with van der Waals surface area (Å²) in [5, 5.41) is 3.97. The zero-order valence-corrected chi connectivity index (χ0v) is 14.0. The molecule has 0 aromatic heterocycles. The second kappa shape index (κ2) is 7.51. The Labute approximate surface area is 131 Å². The van der Waals surface area contributed by atoms with Gasteiger partial charge < -0.3 is 9.57 Å². The second-order valence-electron chi connectivity index (χ2n) is 6.17. The van der Waals surface area contributed by atoms with Crippen molar-refractivity contribution in [3.05, 3.63) is 0 Å². The fraction of sp³-hybridized carbons (Fsp3) is 0.750. The van der Waals surface area contributed by atoms with Crippen molar-refractivity contribution in [3.63, 3.8) is 0 Å². The highest BCUT2D eigenvalue weighted by Crippen LogP contribution is 2.41. The third kappa shape index (κ3) is 3.72. The largest absolute Gasteiger partial charge is 0.468 e. The lowest BCUT2D eigenvalue weighted by atomic mass is 9.62. The zero-order chi connectivity index (χ0) is 16.9. The van der Waals surface area contributed by atoms with Gasteiger partial charge in [0.15, 0.2) is 5.78 Å². The lowest BCUT2D eigenvalue weighted by molar-refractivity contribution is -0.156. The van der Waals surface area contributed by atoms with E-state index in [4.69, 9.17) is 9.57 Å².